The molecule has 0 saturated carbocycles. The van der Waals surface area contributed by atoms with Gasteiger partial charge in [-0.2, -0.15) is 5.10 Å². The fourth-order valence-electron chi connectivity index (χ4n) is 1.79. The molecule has 1 atom stereocenters. The predicted octanol–water partition coefficient (Wildman–Crippen LogP) is 2.67. The first-order valence-electron chi connectivity index (χ1n) is 6.52. The number of carbonyl (C=O) groups is 1. The average molecular weight is 267 g/mol. The van der Waals surface area contributed by atoms with E-state index in [0.717, 1.165) is 5.71 Å². The van der Waals surface area contributed by atoms with Gasteiger partial charge in [-0.1, -0.05) is 25.9 Å². The maximum atomic E-state index is 12.2. The lowest BCUT2D eigenvalue weighted by molar-refractivity contribution is -0.129. The van der Waals surface area contributed by atoms with Crippen LogP contribution in [-0.4, -0.2) is 35.0 Å². The van der Waals surface area contributed by atoms with E-state index >= 15 is 0 Å². The van der Waals surface area contributed by atoms with Crippen molar-refractivity contribution in [3.63, 3.8) is 0 Å². The molecule has 0 aromatic carbocycles. The van der Waals surface area contributed by atoms with E-state index in [1.165, 1.54) is 5.01 Å². The van der Waals surface area contributed by atoms with Crippen LogP contribution >= 0.6 is 0 Å². The number of oxime groups is 1. The second-order valence-electron chi connectivity index (χ2n) is 6.97. The Kier molecular flexibility index (Phi) is 4.08. The highest BCUT2D eigenvalue weighted by Gasteiger charge is 2.41. The van der Waals surface area contributed by atoms with Gasteiger partial charge in [0.15, 0.2) is 0 Å². The first kappa shape index (κ1) is 15.7. The van der Waals surface area contributed by atoms with Gasteiger partial charge in [0.2, 0.25) is 0 Å². The third-order valence-corrected chi connectivity index (χ3v) is 2.75. The summed E-state index contributed by atoms with van der Waals surface area (Å²) >= 11 is 0. The van der Waals surface area contributed by atoms with Crippen LogP contribution in [0, 0.1) is 11.3 Å². The zero-order chi connectivity index (χ0) is 15.0. The van der Waals surface area contributed by atoms with Crippen LogP contribution in [-0.2, 0) is 9.63 Å². The SMILES string of the molecule is C/C(=N/OC(C)(C)C)C1C(=O)N(C)N=C1C(C)(C)C. The first-order chi connectivity index (χ1) is 8.43. The summed E-state index contributed by atoms with van der Waals surface area (Å²) in [6, 6.07) is 0. The van der Waals surface area contributed by atoms with E-state index in [9.17, 15) is 4.79 Å². The summed E-state index contributed by atoms with van der Waals surface area (Å²) in [4.78, 5) is 17.6. The van der Waals surface area contributed by atoms with E-state index in [1.54, 1.807) is 7.05 Å². The number of rotatable bonds is 2. The summed E-state index contributed by atoms with van der Waals surface area (Å²) in [5, 5.41) is 9.86. The molecule has 0 N–H and O–H groups in total. The van der Waals surface area contributed by atoms with Crippen molar-refractivity contribution in [3.8, 4) is 0 Å². The molecule has 0 spiro atoms. The van der Waals surface area contributed by atoms with Crippen LogP contribution in [0.2, 0.25) is 0 Å². The molecule has 0 saturated heterocycles. The smallest absolute Gasteiger partial charge is 0.257 e. The Morgan fingerprint density at radius 3 is 2.21 bits per heavy atom. The molecule has 1 rings (SSSR count). The summed E-state index contributed by atoms with van der Waals surface area (Å²) in [5.74, 6) is -0.462. The van der Waals surface area contributed by atoms with Crippen molar-refractivity contribution >= 4 is 17.3 Å². The molecule has 0 bridgehead atoms. The van der Waals surface area contributed by atoms with Crippen molar-refractivity contribution in [1.82, 2.24) is 5.01 Å². The van der Waals surface area contributed by atoms with Crippen molar-refractivity contribution in [2.75, 3.05) is 7.05 Å². The highest BCUT2D eigenvalue weighted by Crippen LogP contribution is 2.29. The summed E-state index contributed by atoms with van der Waals surface area (Å²) in [7, 11) is 1.67. The van der Waals surface area contributed by atoms with Crippen molar-refractivity contribution in [2.24, 2.45) is 21.6 Å². The van der Waals surface area contributed by atoms with Crippen LogP contribution in [0.4, 0.5) is 0 Å². The summed E-state index contributed by atoms with van der Waals surface area (Å²) < 4.78 is 0. The van der Waals surface area contributed by atoms with Crippen LogP contribution in [0.3, 0.4) is 0 Å². The lowest BCUT2D eigenvalue weighted by Crippen LogP contribution is -2.36. The summed E-state index contributed by atoms with van der Waals surface area (Å²) in [6.45, 7) is 13.7. The molecule has 1 unspecified atom stereocenters. The molecule has 5 nitrogen and oxygen atoms in total. The molecule has 1 heterocycles. The quantitative estimate of drug-likeness (QED) is 0.570. The Morgan fingerprint density at radius 1 is 1.26 bits per heavy atom. The molecule has 0 aliphatic carbocycles. The van der Waals surface area contributed by atoms with Crippen LogP contribution in [0.1, 0.15) is 48.5 Å². The molecule has 1 amide bonds. The van der Waals surface area contributed by atoms with Gasteiger partial charge in [0, 0.05) is 12.5 Å². The van der Waals surface area contributed by atoms with Crippen LogP contribution < -0.4 is 0 Å². The second-order valence-corrected chi connectivity index (χ2v) is 6.97. The van der Waals surface area contributed by atoms with Gasteiger partial charge >= 0.3 is 0 Å². The number of hydrazone groups is 1. The van der Waals surface area contributed by atoms with E-state index in [0.29, 0.717) is 5.71 Å². The van der Waals surface area contributed by atoms with Crippen LogP contribution in [0.15, 0.2) is 10.3 Å². The van der Waals surface area contributed by atoms with Crippen LogP contribution in [0.5, 0.6) is 0 Å². The monoisotopic (exact) mass is 267 g/mol. The molecule has 0 aromatic heterocycles. The standard InChI is InChI=1S/C14H25N3O2/c1-9(16-19-14(5,6)7)10-11(13(2,3)4)15-17(8)12(10)18/h10H,1-8H3/b16-9-. The van der Waals surface area contributed by atoms with Gasteiger partial charge in [0.05, 0.1) is 11.4 Å². The number of carbonyl (C=O) groups excluding carboxylic acids is 1. The normalized spacial score (nSPS) is 21.8. The van der Waals surface area contributed by atoms with Gasteiger partial charge in [0.1, 0.15) is 11.5 Å². The lowest BCUT2D eigenvalue weighted by atomic mass is 9.80. The Morgan fingerprint density at radius 2 is 1.79 bits per heavy atom. The van der Waals surface area contributed by atoms with Gasteiger partial charge in [-0.3, -0.25) is 4.79 Å². The molecule has 0 fully saturated rings. The second kappa shape index (κ2) is 4.94. The van der Waals surface area contributed by atoms with Crippen molar-refractivity contribution in [1.29, 1.82) is 0 Å². The minimum absolute atomic E-state index is 0.0521. The maximum absolute atomic E-state index is 12.2. The molecule has 19 heavy (non-hydrogen) atoms. The van der Waals surface area contributed by atoms with E-state index in [-0.39, 0.29) is 16.9 Å². The Hall–Kier alpha value is -1.39. The third kappa shape index (κ3) is 3.78. The zero-order valence-electron chi connectivity index (χ0n) is 13.2. The molecular weight excluding hydrogens is 242 g/mol. The van der Waals surface area contributed by atoms with E-state index < -0.39 is 5.92 Å². The number of hydrogen-bond acceptors (Lipinski definition) is 4. The van der Waals surface area contributed by atoms with Crippen molar-refractivity contribution < 1.29 is 9.63 Å². The first-order valence-corrected chi connectivity index (χ1v) is 6.52. The minimum atomic E-state index is -0.410. The van der Waals surface area contributed by atoms with Gasteiger partial charge < -0.3 is 4.84 Å². The number of nitrogens with zero attached hydrogens (tertiary/aromatic N) is 3. The highest BCUT2D eigenvalue weighted by atomic mass is 16.6. The molecule has 0 aromatic rings. The summed E-state index contributed by atoms with van der Waals surface area (Å²) in [6.07, 6.45) is 0. The van der Waals surface area contributed by atoms with E-state index in [1.807, 2.05) is 48.5 Å². The number of hydrogen-bond donors (Lipinski definition) is 0. The lowest BCUT2D eigenvalue weighted by Gasteiger charge is -2.23. The van der Waals surface area contributed by atoms with Gasteiger partial charge in [-0.15, -0.1) is 0 Å². The van der Waals surface area contributed by atoms with Crippen molar-refractivity contribution in [3.05, 3.63) is 0 Å². The topological polar surface area (TPSA) is 54.3 Å². The number of amides is 1. The largest absolute Gasteiger partial charge is 0.390 e. The Labute approximate surface area is 115 Å². The Bertz CT molecular complexity index is 425. The zero-order valence-corrected chi connectivity index (χ0v) is 13.2. The highest BCUT2D eigenvalue weighted by molar-refractivity contribution is 6.24. The molecular formula is C14H25N3O2. The molecule has 1 aliphatic heterocycles. The van der Waals surface area contributed by atoms with Gasteiger partial charge in [-0.05, 0) is 27.7 Å². The van der Waals surface area contributed by atoms with E-state index in [4.69, 9.17) is 4.84 Å². The Balaban J connectivity index is 3.03. The minimum Gasteiger partial charge on any atom is -0.390 e. The fourth-order valence-corrected chi connectivity index (χ4v) is 1.79. The molecule has 5 heteroatoms. The van der Waals surface area contributed by atoms with E-state index in [2.05, 4.69) is 10.3 Å². The van der Waals surface area contributed by atoms with Gasteiger partial charge in [0.25, 0.3) is 5.91 Å². The van der Waals surface area contributed by atoms with Gasteiger partial charge in [-0.25, -0.2) is 5.01 Å². The fraction of sp³-hybridized carbons (Fsp3) is 0.786. The average Bonchev–Trinajstić information content (AvgIpc) is 2.51. The predicted molar refractivity (Wildman–Crippen MR) is 77.1 cm³/mol. The molecule has 0 radical (unpaired) electrons. The third-order valence-electron chi connectivity index (χ3n) is 2.75. The van der Waals surface area contributed by atoms with Crippen molar-refractivity contribution in [2.45, 2.75) is 54.1 Å². The molecule has 1 aliphatic rings. The molecule has 108 valence electrons. The summed E-state index contributed by atoms with van der Waals surface area (Å²) in [5.41, 5.74) is 0.939. The van der Waals surface area contributed by atoms with Crippen LogP contribution in [0.25, 0.3) is 0 Å². The maximum Gasteiger partial charge on any atom is 0.257 e.